The number of aldehydes is 1. The topological polar surface area (TPSA) is 33.5 Å². The Morgan fingerprint density at radius 1 is 1.41 bits per heavy atom. The zero-order valence-corrected chi connectivity index (χ0v) is 10.1. The Balaban J connectivity index is 2.19. The van der Waals surface area contributed by atoms with Gasteiger partial charge in [-0.3, -0.25) is 4.79 Å². The van der Waals surface area contributed by atoms with E-state index >= 15 is 0 Å². The number of furan rings is 1. The van der Waals surface area contributed by atoms with Gasteiger partial charge in [-0.05, 0) is 30.3 Å². The summed E-state index contributed by atoms with van der Waals surface area (Å²) in [6.07, 6.45) is 2.42. The van der Waals surface area contributed by atoms with Crippen molar-refractivity contribution >= 4 is 23.6 Å². The Bertz CT molecular complexity index is 508. The fourth-order valence-corrected chi connectivity index (χ4v) is 1.96. The van der Waals surface area contributed by atoms with Crippen molar-refractivity contribution in [3.63, 3.8) is 0 Å². The molecule has 0 saturated carbocycles. The Morgan fingerprint density at radius 3 is 2.82 bits per heavy atom. The van der Waals surface area contributed by atoms with E-state index in [1.807, 2.05) is 30.1 Å². The monoisotopic (exact) mass is 249 g/mol. The number of halogens is 1. The number of anilines is 1. The van der Waals surface area contributed by atoms with E-state index in [2.05, 4.69) is 0 Å². The average Bonchev–Trinajstić information content (AvgIpc) is 2.81. The lowest BCUT2D eigenvalue weighted by Gasteiger charge is -2.19. The fraction of sp³-hybridized carbons (Fsp3) is 0.154. The molecule has 2 rings (SSSR count). The molecule has 2 aromatic rings. The zero-order valence-electron chi connectivity index (χ0n) is 9.39. The van der Waals surface area contributed by atoms with Crippen LogP contribution in [0.15, 0.2) is 41.0 Å². The molecule has 3 nitrogen and oxygen atoms in total. The van der Waals surface area contributed by atoms with Crippen LogP contribution in [0.25, 0.3) is 0 Å². The molecule has 0 unspecified atom stereocenters. The second kappa shape index (κ2) is 5.06. The molecule has 1 aromatic carbocycles. The molecule has 0 aliphatic carbocycles. The number of carbonyl (C=O) groups is 1. The highest BCUT2D eigenvalue weighted by Crippen LogP contribution is 2.26. The van der Waals surface area contributed by atoms with E-state index in [0.29, 0.717) is 17.1 Å². The summed E-state index contributed by atoms with van der Waals surface area (Å²) in [5.74, 6) is 0.864. The number of carbonyl (C=O) groups excluding carboxylic acids is 1. The molecule has 0 saturated heterocycles. The van der Waals surface area contributed by atoms with Crippen LogP contribution in [-0.2, 0) is 6.54 Å². The highest BCUT2D eigenvalue weighted by molar-refractivity contribution is 6.33. The summed E-state index contributed by atoms with van der Waals surface area (Å²) < 4.78 is 5.27. The molecule has 88 valence electrons. The van der Waals surface area contributed by atoms with Gasteiger partial charge in [0.15, 0.2) is 0 Å². The molecule has 1 aromatic heterocycles. The first kappa shape index (κ1) is 11.7. The summed E-state index contributed by atoms with van der Waals surface area (Å²) in [4.78, 5) is 12.6. The molecule has 0 atom stereocenters. The first-order valence-corrected chi connectivity index (χ1v) is 5.57. The number of hydrogen-bond acceptors (Lipinski definition) is 3. The third kappa shape index (κ3) is 2.68. The predicted molar refractivity (Wildman–Crippen MR) is 67.7 cm³/mol. The molecule has 0 spiro atoms. The summed E-state index contributed by atoms with van der Waals surface area (Å²) in [5, 5.41) is 0.559. The van der Waals surface area contributed by atoms with Gasteiger partial charge in [0.05, 0.1) is 23.5 Å². The molecular weight excluding hydrogens is 238 g/mol. The van der Waals surface area contributed by atoms with Gasteiger partial charge in [0.25, 0.3) is 0 Å². The van der Waals surface area contributed by atoms with Crippen molar-refractivity contribution in [2.75, 3.05) is 11.9 Å². The van der Waals surface area contributed by atoms with Crippen molar-refractivity contribution in [3.8, 4) is 0 Å². The molecule has 4 heteroatoms. The van der Waals surface area contributed by atoms with Gasteiger partial charge in [0.1, 0.15) is 12.0 Å². The Labute approximate surface area is 105 Å². The fourth-order valence-electron chi connectivity index (χ4n) is 1.63. The van der Waals surface area contributed by atoms with Crippen LogP contribution in [0, 0.1) is 0 Å². The molecule has 0 N–H and O–H groups in total. The molecule has 0 bridgehead atoms. The van der Waals surface area contributed by atoms with E-state index in [0.717, 1.165) is 17.7 Å². The predicted octanol–water partition coefficient (Wildman–Crippen LogP) is 3.38. The summed E-state index contributed by atoms with van der Waals surface area (Å²) >= 11 is 6.11. The van der Waals surface area contributed by atoms with Crippen molar-refractivity contribution < 1.29 is 9.21 Å². The van der Waals surface area contributed by atoms with Crippen molar-refractivity contribution in [3.05, 3.63) is 52.9 Å². The zero-order chi connectivity index (χ0) is 12.3. The van der Waals surface area contributed by atoms with Crippen molar-refractivity contribution in [1.82, 2.24) is 0 Å². The maximum absolute atomic E-state index is 10.6. The standard InChI is InChI=1S/C13H12ClNO2/c1-15(8-11-3-2-6-17-11)13-5-4-10(9-16)7-12(13)14/h2-7,9H,8H2,1H3. The van der Waals surface area contributed by atoms with Crippen LogP contribution in [0.1, 0.15) is 16.1 Å². The molecule has 1 heterocycles. The van der Waals surface area contributed by atoms with Gasteiger partial charge in [-0.2, -0.15) is 0 Å². The molecule has 0 amide bonds. The number of rotatable bonds is 4. The van der Waals surface area contributed by atoms with Gasteiger partial charge in [-0.25, -0.2) is 0 Å². The van der Waals surface area contributed by atoms with Crippen LogP contribution in [0.2, 0.25) is 5.02 Å². The first-order valence-electron chi connectivity index (χ1n) is 5.19. The maximum atomic E-state index is 10.6. The molecule has 17 heavy (non-hydrogen) atoms. The smallest absolute Gasteiger partial charge is 0.150 e. The lowest BCUT2D eigenvalue weighted by Crippen LogP contribution is -2.16. The number of nitrogens with zero attached hydrogens (tertiary/aromatic N) is 1. The van der Waals surface area contributed by atoms with Crippen LogP contribution in [-0.4, -0.2) is 13.3 Å². The van der Waals surface area contributed by atoms with Crippen LogP contribution >= 0.6 is 11.6 Å². The third-order valence-corrected chi connectivity index (χ3v) is 2.79. The van der Waals surface area contributed by atoms with Crippen LogP contribution in [0.5, 0.6) is 0 Å². The van der Waals surface area contributed by atoms with Gasteiger partial charge < -0.3 is 9.32 Å². The number of benzene rings is 1. The minimum Gasteiger partial charge on any atom is -0.467 e. The van der Waals surface area contributed by atoms with Crippen molar-refractivity contribution in [2.45, 2.75) is 6.54 Å². The van der Waals surface area contributed by atoms with E-state index < -0.39 is 0 Å². The van der Waals surface area contributed by atoms with Crippen molar-refractivity contribution in [2.24, 2.45) is 0 Å². The molecule has 0 radical (unpaired) electrons. The molecule has 0 fully saturated rings. The minimum absolute atomic E-state index is 0.559. The highest BCUT2D eigenvalue weighted by atomic mass is 35.5. The van der Waals surface area contributed by atoms with E-state index in [4.69, 9.17) is 16.0 Å². The van der Waals surface area contributed by atoms with Crippen molar-refractivity contribution in [1.29, 1.82) is 0 Å². The summed E-state index contributed by atoms with van der Waals surface area (Å²) in [5.41, 5.74) is 1.44. The second-order valence-electron chi connectivity index (χ2n) is 3.76. The van der Waals surface area contributed by atoms with Gasteiger partial charge in [-0.15, -0.1) is 0 Å². The lowest BCUT2D eigenvalue weighted by atomic mass is 10.2. The SMILES string of the molecule is CN(Cc1ccco1)c1ccc(C=O)cc1Cl. The van der Waals surface area contributed by atoms with E-state index in [9.17, 15) is 4.79 Å². The Morgan fingerprint density at radius 2 is 2.24 bits per heavy atom. The Kier molecular flexibility index (Phi) is 3.49. The van der Waals surface area contributed by atoms with Gasteiger partial charge >= 0.3 is 0 Å². The van der Waals surface area contributed by atoms with Gasteiger partial charge in [0, 0.05) is 12.6 Å². The average molecular weight is 250 g/mol. The Hall–Kier alpha value is -1.74. The summed E-state index contributed by atoms with van der Waals surface area (Å²) in [6.45, 7) is 0.632. The first-order chi connectivity index (χ1) is 8.20. The lowest BCUT2D eigenvalue weighted by molar-refractivity contribution is 0.112. The van der Waals surface area contributed by atoms with Crippen LogP contribution in [0.4, 0.5) is 5.69 Å². The van der Waals surface area contributed by atoms with Gasteiger partial charge in [-0.1, -0.05) is 11.6 Å². The molecular formula is C13H12ClNO2. The third-order valence-electron chi connectivity index (χ3n) is 2.49. The molecule has 0 aliphatic heterocycles. The van der Waals surface area contributed by atoms with E-state index in [1.54, 1.807) is 18.4 Å². The van der Waals surface area contributed by atoms with Crippen LogP contribution < -0.4 is 4.90 Å². The molecule has 0 aliphatic rings. The summed E-state index contributed by atoms with van der Waals surface area (Å²) in [6, 6.07) is 8.98. The van der Waals surface area contributed by atoms with Gasteiger partial charge in [0.2, 0.25) is 0 Å². The summed E-state index contributed by atoms with van der Waals surface area (Å²) in [7, 11) is 1.92. The largest absolute Gasteiger partial charge is 0.467 e. The second-order valence-corrected chi connectivity index (χ2v) is 4.17. The minimum atomic E-state index is 0.559. The van der Waals surface area contributed by atoms with E-state index in [1.165, 1.54) is 0 Å². The number of hydrogen-bond donors (Lipinski definition) is 0. The normalized spacial score (nSPS) is 10.2. The highest BCUT2D eigenvalue weighted by Gasteiger charge is 2.08. The quantitative estimate of drug-likeness (QED) is 0.779. The van der Waals surface area contributed by atoms with E-state index in [-0.39, 0.29) is 0 Å². The maximum Gasteiger partial charge on any atom is 0.150 e. The van der Waals surface area contributed by atoms with Crippen LogP contribution in [0.3, 0.4) is 0 Å².